The van der Waals surface area contributed by atoms with E-state index in [1.165, 1.54) is 12.8 Å². The number of carbonyl (C=O) groups is 1. The van der Waals surface area contributed by atoms with Crippen molar-refractivity contribution in [1.29, 1.82) is 0 Å². The molecular weight excluding hydrogens is 258 g/mol. The molecule has 1 aliphatic carbocycles. The fourth-order valence-corrected chi connectivity index (χ4v) is 3.48. The monoisotopic (exact) mass is 283 g/mol. The number of rotatable bonds is 6. The van der Waals surface area contributed by atoms with E-state index >= 15 is 0 Å². The lowest BCUT2D eigenvalue weighted by atomic mass is 9.84. The van der Waals surface area contributed by atoms with Gasteiger partial charge in [0.25, 0.3) is 0 Å². The molecule has 4 nitrogen and oxygen atoms in total. The van der Waals surface area contributed by atoms with Crippen molar-refractivity contribution >= 4 is 22.8 Å². The zero-order valence-electron chi connectivity index (χ0n) is 12.0. The Morgan fingerprint density at radius 1 is 1.37 bits per heavy atom. The number of hydrogen-bond acceptors (Lipinski definition) is 4. The second-order valence-corrected chi connectivity index (χ2v) is 6.57. The lowest BCUT2D eigenvalue weighted by Crippen LogP contribution is -2.38. The van der Waals surface area contributed by atoms with Gasteiger partial charge in [0, 0.05) is 31.3 Å². The zero-order valence-corrected chi connectivity index (χ0v) is 12.8. The van der Waals surface area contributed by atoms with Gasteiger partial charge in [-0.15, -0.1) is 0 Å². The Hall–Kier alpha value is -0.710. The molecular formula is C14H25N3OS. The summed E-state index contributed by atoms with van der Waals surface area (Å²) in [5, 5.41) is 7.32. The number of hydrogen-bond donors (Lipinski definition) is 2. The molecule has 1 heterocycles. The van der Waals surface area contributed by atoms with Crippen molar-refractivity contribution in [2.75, 3.05) is 25.4 Å². The highest BCUT2D eigenvalue weighted by Gasteiger charge is 2.30. The van der Waals surface area contributed by atoms with Crippen LogP contribution < -0.4 is 10.6 Å². The van der Waals surface area contributed by atoms with Crippen LogP contribution in [0.1, 0.15) is 39.5 Å². The number of thioether (sulfide) groups is 1. The number of amides is 1. The summed E-state index contributed by atoms with van der Waals surface area (Å²) < 4.78 is 0. The van der Waals surface area contributed by atoms with Crippen LogP contribution in [0.25, 0.3) is 0 Å². The maximum atomic E-state index is 11.4. The van der Waals surface area contributed by atoms with Crippen LogP contribution in [0, 0.1) is 11.3 Å². The molecule has 108 valence electrons. The molecule has 2 rings (SSSR count). The fourth-order valence-electron chi connectivity index (χ4n) is 2.18. The van der Waals surface area contributed by atoms with Crippen LogP contribution in [0.4, 0.5) is 0 Å². The van der Waals surface area contributed by atoms with Gasteiger partial charge in [0.1, 0.15) is 0 Å². The first-order valence-corrected chi connectivity index (χ1v) is 8.36. The molecule has 1 aliphatic heterocycles. The average Bonchev–Trinajstić information content (AvgIpc) is 3.29. The van der Waals surface area contributed by atoms with Gasteiger partial charge in [-0.25, -0.2) is 0 Å². The fraction of sp³-hybridized carbons (Fsp3) is 0.857. The predicted octanol–water partition coefficient (Wildman–Crippen LogP) is 2.01. The minimum atomic E-state index is 0.219. The van der Waals surface area contributed by atoms with Crippen LogP contribution in [-0.2, 0) is 4.79 Å². The van der Waals surface area contributed by atoms with E-state index < -0.39 is 0 Å². The molecule has 0 radical (unpaired) electrons. The quantitative estimate of drug-likeness (QED) is 0.733. The van der Waals surface area contributed by atoms with Gasteiger partial charge < -0.3 is 10.6 Å². The first kappa shape index (κ1) is 14.7. The van der Waals surface area contributed by atoms with Crippen LogP contribution in [0.15, 0.2) is 4.99 Å². The molecule has 1 fully saturated rings. The molecule has 0 aromatic carbocycles. The number of aliphatic imine (C=N–C) groups is 1. The smallest absolute Gasteiger partial charge is 0.223 e. The first-order chi connectivity index (χ1) is 9.19. The Morgan fingerprint density at radius 3 is 2.63 bits per heavy atom. The van der Waals surface area contributed by atoms with E-state index in [-0.39, 0.29) is 5.91 Å². The second-order valence-electron chi connectivity index (χ2n) is 5.61. The van der Waals surface area contributed by atoms with Crippen molar-refractivity contribution < 1.29 is 4.79 Å². The van der Waals surface area contributed by atoms with Crippen molar-refractivity contribution in [3.8, 4) is 0 Å². The number of amidine groups is 1. The Balaban J connectivity index is 1.64. The van der Waals surface area contributed by atoms with E-state index in [9.17, 15) is 4.79 Å². The molecule has 0 aromatic rings. The minimum absolute atomic E-state index is 0.219. The number of nitrogens with one attached hydrogen (secondary N) is 2. The highest BCUT2D eigenvalue weighted by molar-refractivity contribution is 8.13. The molecule has 2 N–H and O–H groups in total. The third-order valence-corrected chi connectivity index (χ3v) is 5.53. The molecule has 0 saturated heterocycles. The van der Waals surface area contributed by atoms with Gasteiger partial charge >= 0.3 is 0 Å². The SMILES string of the molecule is CCC1(CC)CN=C(NCCNC(=O)C2CC2)SC1. The van der Waals surface area contributed by atoms with Crippen molar-refractivity contribution in [2.24, 2.45) is 16.3 Å². The van der Waals surface area contributed by atoms with Gasteiger partial charge in [-0.3, -0.25) is 9.79 Å². The van der Waals surface area contributed by atoms with Gasteiger partial charge in [0.05, 0.1) is 0 Å². The van der Waals surface area contributed by atoms with Crippen molar-refractivity contribution in [3.63, 3.8) is 0 Å². The number of nitrogens with zero attached hydrogens (tertiary/aromatic N) is 1. The maximum absolute atomic E-state index is 11.4. The normalized spacial score (nSPS) is 21.7. The maximum Gasteiger partial charge on any atom is 0.223 e. The third kappa shape index (κ3) is 4.13. The third-order valence-electron chi connectivity index (χ3n) is 4.22. The van der Waals surface area contributed by atoms with E-state index in [0.717, 1.165) is 36.9 Å². The summed E-state index contributed by atoms with van der Waals surface area (Å²) >= 11 is 1.82. The molecule has 0 unspecified atom stereocenters. The highest BCUT2D eigenvalue weighted by Crippen LogP contribution is 2.34. The Morgan fingerprint density at radius 2 is 2.11 bits per heavy atom. The lowest BCUT2D eigenvalue weighted by molar-refractivity contribution is -0.122. The highest BCUT2D eigenvalue weighted by atomic mass is 32.2. The van der Waals surface area contributed by atoms with Gasteiger partial charge in [-0.2, -0.15) is 0 Å². The summed E-state index contributed by atoms with van der Waals surface area (Å²) in [4.78, 5) is 16.1. The standard InChI is InChI=1S/C14H25N3OS/c1-3-14(4-2)9-17-13(19-10-14)16-8-7-15-12(18)11-5-6-11/h11H,3-10H2,1-2H3,(H,15,18)(H,16,17). The van der Waals surface area contributed by atoms with Crippen molar-refractivity contribution in [3.05, 3.63) is 0 Å². The van der Waals surface area contributed by atoms with E-state index in [0.29, 0.717) is 17.9 Å². The number of carbonyl (C=O) groups excluding carboxylic acids is 1. The summed E-state index contributed by atoms with van der Waals surface area (Å²) in [6.07, 6.45) is 4.53. The van der Waals surface area contributed by atoms with E-state index in [1.807, 2.05) is 11.8 Å². The molecule has 1 saturated carbocycles. The van der Waals surface area contributed by atoms with Crippen molar-refractivity contribution in [1.82, 2.24) is 10.6 Å². The van der Waals surface area contributed by atoms with Gasteiger partial charge in [-0.1, -0.05) is 25.6 Å². The molecule has 0 bridgehead atoms. The van der Waals surface area contributed by atoms with E-state index in [2.05, 4.69) is 29.5 Å². The Kier molecular flexibility index (Phi) is 5.13. The summed E-state index contributed by atoms with van der Waals surface area (Å²) in [6, 6.07) is 0. The minimum Gasteiger partial charge on any atom is -0.363 e. The van der Waals surface area contributed by atoms with Crippen LogP contribution >= 0.6 is 11.8 Å². The van der Waals surface area contributed by atoms with Gasteiger partial charge in [0.15, 0.2) is 5.17 Å². The molecule has 2 aliphatic rings. The average molecular weight is 283 g/mol. The molecule has 19 heavy (non-hydrogen) atoms. The second kappa shape index (κ2) is 6.64. The van der Waals surface area contributed by atoms with Crippen LogP contribution in [0.3, 0.4) is 0 Å². The molecule has 5 heteroatoms. The Labute approximate surface area is 120 Å². The molecule has 0 aromatic heterocycles. The first-order valence-electron chi connectivity index (χ1n) is 7.38. The van der Waals surface area contributed by atoms with Crippen molar-refractivity contribution in [2.45, 2.75) is 39.5 Å². The van der Waals surface area contributed by atoms with Crippen LogP contribution in [0.5, 0.6) is 0 Å². The zero-order chi connectivity index (χ0) is 13.7. The lowest BCUT2D eigenvalue weighted by Gasteiger charge is -2.33. The largest absolute Gasteiger partial charge is 0.363 e. The van der Waals surface area contributed by atoms with Gasteiger partial charge in [0.2, 0.25) is 5.91 Å². The summed E-state index contributed by atoms with van der Waals surface area (Å²) in [6.45, 7) is 6.91. The molecule has 0 atom stereocenters. The Bertz CT molecular complexity index is 349. The molecule has 0 spiro atoms. The summed E-state index contributed by atoms with van der Waals surface area (Å²) in [5.41, 5.74) is 0.399. The summed E-state index contributed by atoms with van der Waals surface area (Å²) in [7, 11) is 0. The molecule has 1 amide bonds. The summed E-state index contributed by atoms with van der Waals surface area (Å²) in [5.74, 6) is 1.67. The predicted molar refractivity (Wildman–Crippen MR) is 81.5 cm³/mol. The van der Waals surface area contributed by atoms with Crippen LogP contribution in [-0.4, -0.2) is 36.5 Å². The van der Waals surface area contributed by atoms with Gasteiger partial charge in [-0.05, 0) is 31.1 Å². The topological polar surface area (TPSA) is 53.5 Å². The van der Waals surface area contributed by atoms with E-state index in [1.54, 1.807) is 0 Å². The van der Waals surface area contributed by atoms with E-state index in [4.69, 9.17) is 0 Å². The van der Waals surface area contributed by atoms with Crippen LogP contribution in [0.2, 0.25) is 0 Å².